The Morgan fingerprint density at radius 1 is 1.23 bits per heavy atom. The van der Waals surface area contributed by atoms with Crippen molar-refractivity contribution in [3.8, 4) is 5.75 Å². The molecule has 1 rings (SSSR count). The maximum Gasteiger partial charge on any atom is 0.256 e. The molecule has 1 N–H and O–H groups in total. The summed E-state index contributed by atoms with van der Waals surface area (Å²) >= 11 is 0. The molecule has 0 aromatic heterocycles. The lowest BCUT2D eigenvalue weighted by molar-refractivity contribution is -0.139. The molecule has 1 amide bonds. The number of rotatable bonds is 9. The summed E-state index contributed by atoms with van der Waals surface area (Å²) in [5.41, 5.74) is -0.0559. The quantitative estimate of drug-likeness (QED) is 0.762. The SMILES string of the molecule is CCO[C@](C)(CC)C(=O)Nc1ccc(OCCN(C)C)cc1. The summed E-state index contributed by atoms with van der Waals surface area (Å²) in [5, 5.41) is 2.89. The van der Waals surface area contributed by atoms with Crippen LogP contribution in [-0.4, -0.2) is 50.3 Å². The minimum Gasteiger partial charge on any atom is -0.492 e. The van der Waals surface area contributed by atoms with Crippen LogP contribution in [0.2, 0.25) is 0 Å². The topological polar surface area (TPSA) is 50.8 Å². The van der Waals surface area contributed by atoms with E-state index in [4.69, 9.17) is 9.47 Å². The molecule has 5 nitrogen and oxygen atoms in total. The minimum absolute atomic E-state index is 0.127. The first kappa shape index (κ1) is 18.5. The number of anilines is 1. The number of amides is 1. The van der Waals surface area contributed by atoms with Gasteiger partial charge in [0.1, 0.15) is 18.0 Å². The van der Waals surface area contributed by atoms with Gasteiger partial charge in [-0.1, -0.05) is 6.92 Å². The van der Waals surface area contributed by atoms with Crippen LogP contribution in [0, 0.1) is 0 Å². The molecule has 0 heterocycles. The molecule has 1 aromatic carbocycles. The van der Waals surface area contributed by atoms with Gasteiger partial charge >= 0.3 is 0 Å². The largest absolute Gasteiger partial charge is 0.492 e. The summed E-state index contributed by atoms with van der Waals surface area (Å²) in [4.78, 5) is 14.4. The third-order valence-electron chi connectivity index (χ3n) is 3.54. The molecular formula is C17H28N2O3. The molecule has 5 heteroatoms. The van der Waals surface area contributed by atoms with Crippen molar-refractivity contribution in [2.75, 3.05) is 39.2 Å². The number of likely N-dealkylation sites (N-methyl/N-ethyl adjacent to an activating group) is 1. The highest BCUT2D eigenvalue weighted by molar-refractivity contribution is 5.97. The predicted molar refractivity (Wildman–Crippen MR) is 89.4 cm³/mol. The molecule has 22 heavy (non-hydrogen) atoms. The van der Waals surface area contributed by atoms with Crippen molar-refractivity contribution in [2.24, 2.45) is 0 Å². The maximum atomic E-state index is 12.3. The highest BCUT2D eigenvalue weighted by atomic mass is 16.5. The van der Waals surface area contributed by atoms with Gasteiger partial charge in [-0.15, -0.1) is 0 Å². The number of nitrogens with zero attached hydrogens (tertiary/aromatic N) is 1. The van der Waals surface area contributed by atoms with E-state index in [9.17, 15) is 4.79 Å². The smallest absolute Gasteiger partial charge is 0.256 e. The first-order chi connectivity index (χ1) is 10.4. The van der Waals surface area contributed by atoms with Gasteiger partial charge in [-0.25, -0.2) is 0 Å². The van der Waals surface area contributed by atoms with Crippen LogP contribution in [0.25, 0.3) is 0 Å². The Bertz CT molecular complexity index is 459. The Hall–Kier alpha value is -1.59. The Labute approximate surface area is 133 Å². The fourth-order valence-corrected chi connectivity index (χ4v) is 1.89. The molecule has 0 unspecified atom stereocenters. The lowest BCUT2D eigenvalue weighted by atomic mass is 10.0. The van der Waals surface area contributed by atoms with Gasteiger partial charge in [0.15, 0.2) is 0 Å². The predicted octanol–water partition coefficient (Wildman–Crippen LogP) is 2.77. The summed E-state index contributed by atoms with van der Waals surface area (Å²) in [5.74, 6) is 0.668. The summed E-state index contributed by atoms with van der Waals surface area (Å²) in [7, 11) is 4.01. The van der Waals surface area contributed by atoms with Crippen molar-refractivity contribution < 1.29 is 14.3 Å². The second-order valence-corrected chi connectivity index (χ2v) is 5.65. The molecule has 1 aromatic rings. The van der Waals surface area contributed by atoms with Gasteiger partial charge in [-0.05, 0) is 58.6 Å². The second kappa shape index (κ2) is 8.76. The van der Waals surface area contributed by atoms with E-state index in [1.165, 1.54) is 0 Å². The molecule has 0 saturated carbocycles. The monoisotopic (exact) mass is 308 g/mol. The third-order valence-corrected chi connectivity index (χ3v) is 3.54. The number of hydrogen-bond donors (Lipinski definition) is 1. The number of carbonyl (C=O) groups excluding carboxylic acids is 1. The van der Waals surface area contributed by atoms with Gasteiger partial charge in [0.2, 0.25) is 0 Å². The first-order valence-electron chi connectivity index (χ1n) is 7.74. The lowest BCUT2D eigenvalue weighted by Crippen LogP contribution is -2.42. The summed E-state index contributed by atoms with van der Waals surface area (Å²) in [6.45, 7) is 7.65. The van der Waals surface area contributed by atoms with E-state index in [2.05, 4.69) is 10.2 Å². The van der Waals surface area contributed by atoms with E-state index in [1.807, 2.05) is 59.1 Å². The van der Waals surface area contributed by atoms with E-state index < -0.39 is 5.60 Å². The first-order valence-corrected chi connectivity index (χ1v) is 7.74. The van der Waals surface area contributed by atoms with Crippen LogP contribution in [0.3, 0.4) is 0 Å². The fourth-order valence-electron chi connectivity index (χ4n) is 1.89. The van der Waals surface area contributed by atoms with E-state index in [0.717, 1.165) is 18.0 Å². The normalized spacial score (nSPS) is 13.7. The number of nitrogens with one attached hydrogen (secondary N) is 1. The molecule has 0 fully saturated rings. The summed E-state index contributed by atoms with van der Waals surface area (Å²) in [6.07, 6.45) is 0.623. The number of benzene rings is 1. The molecule has 0 aliphatic rings. The van der Waals surface area contributed by atoms with Crippen molar-refractivity contribution in [1.29, 1.82) is 0 Å². The van der Waals surface area contributed by atoms with E-state index >= 15 is 0 Å². The average Bonchev–Trinajstić information content (AvgIpc) is 2.48. The maximum absolute atomic E-state index is 12.3. The minimum atomic E-state index is -0.796. The molecule has 0 saturated heterocycles. The zero-order valence-electron chi connectivity index (χ0n) is 14.3. The van der Waals surface area contributed by atoms with Gasteiger partial charge in [0.05, 0.1) is 0 Å². The van der Waals surface area contributed by atoms with Crippen LogP contribution in [0.1, 0.15) is 27.2 Å². The van der Waals surface area contributed by atoms with Crippen LogP contribution >= 0.6 is 0 Å². The van der Waals surface area contributed by atoms with E-state index in [-0.39, 0.29) is 5.91 Å². The van der Waals surface area contributed by atoms with E-state index in [0.29, 0.717) is 19.6 Å². The molecule has 1 atom stereocenters. The summed E-state index contributed by atoms with van der Waals surface area (Å²) < 4.78 is 11.2. The zero-order valence-corrected chi connectivity index (χ0v) is 14.3. The van der Waals surface area contributed by atoms with Gasteiger partial charge in [-0.2, -0.15) is 0 Å². The third kappa shape index (κ3) is 5.66. The number of carbonyl (C=O) groups is 1. The molecule has 0 aliphatic heterocycles. The van der Waals surface area contributed by atoms with Crippen LogP contribution < -0.4 is 10.1 Å². The second-order valence-electron chi connectivity index (χ2n) is 5.65. The molecule has 0 bridgehead atoms. The van der Waals surface area contributed by atoms with Gasteiger partial charge in [0.25, 0.3) is 5.91 Å². The number of hydrogen-bond acceptors (Lipinski definition) is 4. The lowest BCUT2D eigenvalue weighted by Gasteiger charge is -2.26. The molecule has 0 spiro atoms. The van der Waals surface area contributed by atoms with Crippen molar-refractivity contribution in [3.05, 3.63) is 24.3 Å². The van der Waals surface area contributed by atoms with Crippen molar-refractivity contribution in [1.82, 2.24) is 4.90 Å². The van der Waals surface area contributed by atoms with Gasteiger partial charge < -0.3 is 19.7 Å². The Kier molecular flexibility index (Phi) is 7.35. The summed E-state index contributed by atoms with van der Waals surface area (Å²) in [6, 6.07) is 7.39. The molecule has 0 aliphatic carbocycles. The Morgan fingerprint density at radius 2 is 1.86 bits per heavy atom. The van der Waals surface area contributed by atoms with Crippen LogP contribution in [0.5, 0.6) is 5.75 Å². The van der Waals surface area contributed by atoms with Crippen molar-refractivity contribution >= 4 is 11.6 Å². The molecule has 124 valence electrons. The van der Waals surface area contributed by atoms with Crippen LogP contribution in [0.4, 0.5) is 5.69 Å². The van der Waals surface area contributed by atoms with Gasteiger partial charge in [0, 0.05) is 18.8 Å². The van der Waals surface area contributed by atoms with Crippen molar-refractivity contribution in [2.45, 2.75) is 32.8 Å². The zero-order chi connectivity index (χ0) is 16.6. The Balaban J connectivity index is 2.58. The number of ether oxygens (including phenoxy) is 2. The average molecular weight is 308 g/mol. The highest BCUT2D eigenvalue weighted by Crippen LogP contribution is 2.20. The Morgan fingerprint density at radius 3 is 2.36 bits per heavy atom. The fraction of sp³-hybridized carbons (Fsp3) is 0.588. The van der Waals surface area contributed by atoms with Crippen LogP contribution in [0.15, 0.2) is 24.3 Å². The highest BCUT2D eigenvalue weighted by Gasteiger charge is 2.31. The standard InChI is InChI=1S/C17H28N2O3/c1-6-17(3,22-7-2)16(20)18-14-8-10-15(11-9-14)21-13-12-19(4)5/h8-11H,6-7,12-13H2,1-5H3,(H,18,20)/t17-/m1/s1. The van der Waals surface area contributed by atoms with Gasteiger partial charge in [-0.3, -0.25) is 4.79 Å². The van der Waals surface area contributed by atoms with Crippen LogP contribution in [-0.2, 0) is 9.53 Å². The molecular weight excluding hydrogens is 280 g/mol. The van der Waals surface area contributed by atoms with E-state index in [1.54, 1.807) is 0 Å². The molecule has 0 radical (unpaired) electrons. The van der Waals surface area contributed by atoms with Crippen molar-refractivity contribution in [3.63, 3.8) is 0 Å².